The summed E-state index contributed by atoms with van der Waals surface area (Å²) in [5.74, 6) is 1.75. The van der Waals surface area contributed by atoms with Crippen molar-refractivity contribution < 1.29 is 4.74 Å². The topological polar surface area (TPSA) is 35.0 Å². The van der Waals surface area contributed by atoms with Gasteiger partial charge in [-0.25, -0.2) is 0 Å². The highest BCUT2D eigenvalue weighted by Gasteiger charge is 2.04. The first kappa shape index (κ1) is 16.5. The summed E-state index contributed by atoms with van der Waals surface area (Å²) in [5, 5.41) is 9.63. The van der Waals surface area contributed by atoms with E-state index in [-0.39, 0.29) is 0 Å². The maximum atomic E-state index is 5.18. The fourth-order valence-corrected chi connectivity index (χ4v) is 3.30. The van der Waals surface area contributed by atoms with Gasteiger partial charge in [0.25, 0.3) is 0 Å². The lowest BCUT2D eigenvalue weighted by atomic mass is 10.1. The van der Waals surface area contributed by atoms with Gasteiger partial charge < -0.3 is 4.74 Å². The molecule has 0 unspecified atom stereocenters. The molecule has 122 valence electrons. The van der Waals surface area contributed by atoms with Gasteiger partial charge in [-0.2, -0.15) is 0 Å². The van der Waals surface area contributed by atoms with Crippen molar-refractivity contribution in [2.24, 2.45) is 0 Å². The third-order valence-electron chi connectivity index (χ3n) is 3.91. The fourth-order valence-electron chi connectivity index (χ4n) is 2.42. The minimum atomic E-state index is 0.840. The first-order valence-corrected chi connectivity index (χ1v) is 8.81. The number of benzene rings is 2. The van der Waals surface area contributed by atoms with Crippen LogP contribution in [0.1, 0.15) is 16.7 Å². The SMILES string of the molecule is COc1ccc(-c2ccc(SCc3cc(C)ccc3C)nn2)cc1. The summed E-state index contributed by atoms with van der Waals surface area (Å²) >= 11 is 1.71. The number of ether oxygens (including phenoxy) is 1. The Balaban J connectivity index is 1.69. The van der Waals surface area contributed by atoms with E-state index in [2.05, 4.69) is 42.2 Å². The molecule has 0 bridgehead atoms. The maximum Gasteiger partial charge on any atom is 0.119 e. The Morgan fingerprint density at radius 1 is 0.917 bits per heavy atom. The van der Waals surface area contributed by atoms with E-state index in [4.69, 9.17) is 4.74 Å². The van der Waals surface area contributed by atoms with Gasteiger partial charge in [0.2, 0.25) is 0 Å². The molecule has 3 nitrogen and oxygen atoms in total. The van der Waals surface area contributed by atoms with Crippen molar-refractivity contribution in [2.75, 3.05) is 7.11 Å². The highest BCUT2D eigenvalue weighted by atomic mass is 32.2. The van der Waals surface area contributed by atoms with Crippen LogP contribution >= 0.6 is 11.8 Å². The Hall–Kier alpha value is -2.33. The summed E-state index contributed by atoms with van der Waals surface area (Å²) in [7, 11) is 1.66. The van der Waals surface area contributed by atoms with Gasteiger partial charge in [-0.05, 0) is 61.4 Å². The molecule has 1 heterocycles. The number of nitrogens with zero attached hydrogens (tertiary/aromatic N) is 2. The summed E-state index contributed by atoms with van der Waals surface area (Å²) in [6, 6.07) is 18.4. The lowest BCUT2D eigenvalue weighted by Gasteiger charge is -2.07. The second-order valence-corrected chi connectivity index (χ2v) is 6.70. The fraction of sp³-hybridized carbons (Fsp3) is 0.200. The largest absolute Gasteiger partial charge is 0.497 e. The quantitative estimate of drug-likeness (QED) is 0.610. The molecule has 0 spiro atoms. The molecule has 0 N–H and O–H groups in total. The predicted molar refractivity (Wildman–Crippen MR) is 99.5 cm³/mol. The van der Waals surface area contributed by atoms with Crippen molar-refractivity contribution in [3.63, 3.8) is 0 Å². The average Bonchev–Trinajstić information content (AvgIpc) is 2.63. The molecule has 3 rings (SSSR count). The van der Waals surface area contributed by atoms with Crippen LogP contribution in [0.4, 0.5) is 0 Å². The molecule has 2 aromatic carbocycles. The molecule has 1 aromatic heterocycles. The zero-order valence-corrected chi connectivity index (χ0v) is 14.9. The number of methoxy groups -OCH3 is 1. The maximum absolute atomic E-state index is 5.18. The van der Waals surface area contributed by atoms with Crippen LogP contribution in [-0.2, 0) is 5.75 Å². The van der Waals surface area contributed by atoms with Gasteiger partial charge in [0, 0.05) is 11.3 Å². The average molecular weight is 336 g/mol. The molecule has 3 aromatic rings. The van der Waals surface area contributed by atoms with Gasteiger partial charge in [-0.3, -0.25) is 0 Å². The van der Waals surface area contributed by atoms with Crippen LogP contribution in [-0.4, -0.2) is 17.3 Å². The van der Waals surface area contributed by atoms with Crippen molar-refractivity contribution in [1.29, 1.82) is 0 Å². The molecular formula is C20H20N2OS. The Morgan fingerprint density at radius 3 is 2.38 bits per heavy atom. The van der Waals surface area contributed by atoms with Gasteiger partial charge in [-0.15, -0.1) is 10.2 Å². The molecule has 0 aliphatic carbocycles. The Labute approximate surface area is 147 Å². The molecule has 0 amide bonds. The minimum absolute atomic E-state index is 0.840. The molecule has 0 radical (unpaired) electrons. The van der Waals surface area contributed by atoms with Crippen LogP contribution in [0.15, 0.2) is 59.6 Å². The van der Waals surface area contributed by atoms with Crippen LogP contribution < -0.4 is 4.74 Å². The van der Waals surface area contributed by atoms with E-state index in [0.29, 0.717) is 0 Å². The zero-order chi connectivity index (χ0) is 16.9. The van der Waals surface area contributed by atoms with Crippen molar-refractivity contribution in [2.45, 2.75) is 24.6 Å². The van der Waals surface area contributed by atoms with Crippen LogP contribution in [0.5, 0.6) is 5.75 Å². The van der Waals surface area contributed by atoms with Gasteiger partial charge in [0.1, 0.15) is 10.8 Å². The molecule has 0 aliphatic heterocycles. The Bertz CT molecular complexity index is 814. The summed E-state index contributed by atoms with van der Waals surface area (Å²) in [5.41, 5.74) is 5.86. The van der Waals surface area contributed by atoms with Crippen molar-refractivity contribution >= 4 is 11.8 Å². The minimum Gasteiger partial charge on any atom is -0.497 e. The monoisotopic (exact) mass is 336 g/mol. The van der Waals surface area contributed by atoms with E-state index in [1.165, 1.54) is 16.7 Å². The first-order chi connectivity index (χ1) is 11.7. The standard InChI is InChI=1S/C20H20N2OS/c1-14-4-5-15(2)17(12-14)13-24-20-11-10-19(21-22-20)16-6-8-18(23-3)9-7-16/h4-12H,13H2,1-3H3. The molecule has 24 heavy (non-hydrogen) atoms. The second kappa shape index (κ2) is 7.49. The number of hydrogen-bond donors (Lipinski definition) is 0. The normalized spacial score (nSPS) is 10.6. The Morgan fingerprint density at radius 2 is 1.71 bits per heavy atom. The molecule has 4 heteroatoms. The molecule has 0 fully saturated rings. The first-order valence-electron chi connectivity index (χ1n) is 7.83. The van der Waals surface area contributed by atoms with Crippen LogP contribution in [0.2, 0.25) is 0 Å². The lowest BCUT2D eigenvalue weighted by Crippen LogP contribution is -1.92. The number of aryl methyl sites for hydroxylation is 2. The highest BCUT2D eigenvalue weighted by Crippen LogP contribution is 2.25. The molecule has 0 atom stereocenters. The van der Waals surface area contributed by atoms with Crippen molar-refractivity contribution in [3.8, 4) is 17.0 Å². The van der Waals surface area contributed by atoms with Gasteiger partial charge in [0.05, 0.1) is 12.8 Å². The van der Waals surface area contributed by atoms with E-state index >= 15 is 0 Å². The summed E-state index contributed by atoms with van der Waals surface area (Å²) in [6.45, 7) is 4.27. The number of hydrogen-bond acceptors (Lipinski definition) is 4. The molecule has 0 aliphatic rings. The van der Waals surface area contributed by atoms with E-state index in [1.807, 2.05) is 36.4 Å². The second-order valence-electron chi connectivity index (χ2n) is 5.70. The van der Waals surface area contributed by atoms with Crippen LogP contribution in [0, 0.1) is 13.8 Å². The number of thioether (sulfide) groups is 1. The number of aromatic nitrogens is 2. The molecule has 0 saturated heterocycles. The third kappa shape index (κ3) is 3.95. The third-order valence-corrected chi connectivity index (χ3v) is 4.87. The van der Waals surface area contributed by atoms with Gasteiger partial charge in [0.15, 0.2) is 0 Å². The Kier molecular flexibility index (Phi) is 5.16. The smallest absolute Gasteiger partial charge is 0.119 e. The van der Waals surface area contributed by atoms with Gasteiger partial charge in [-0.1, -0.05) is 35.5 Å². The summed E-state index contributed by atoms with van der Waals surface area (Å²) in [4.78, 5) is 0. The zero-order valence-electron chi connectivity index (χ0n) is 14.1. The number of rotatable bonds is 5. The van der Waals surface area contributed by atoms with Crippen LogP contribution in [0.3, 0.4) is 0 Å². The summed E-state index contributed by atoms with van der Waals surface area (Å²) < 4.78 is 5.18. The highest BCUT2D eigenvalue weighted by molar-refractivity contribution is 7.98. The van der Waals surface area contributed by atoms with E-state index in [1.54, 1.807) is 18.9 Å². The van der Waals surface area contributed by atoms with Crippen LogP contribution in [0.25, 0.3) is 11.3 Å². The molecule has 0 saturated carbocycles. The van der Waals surface area contributed by atoms with Crippen molar-refractivity contribution in [1.82, 2.24) is 10.2 Å². The lowest BCUT2D eigenvalue weighted by molar-refractivity contribution is 0.415. The van der Waals surface area contributed by atoms with Crippen molar-refractivity contribution in [3.05, 3.63) is 71.3 Å². The molecular weight excluding hydrogens is 316 g/mol. The predicted octanol–water partition coefficient (Wildman–Crippen LogP) is 5.06. The van der Waals surface area contributed by atoms with E-state index < -0.39 is 0 Å². The van der Waals surface area contributed by atoms with E-state index in [0.717, 1.165) is 27.8 Å². The summed E-state index contributed by atoms with van der Waals surface area (Å²) in [6.07, 6.45) is 0. The van der Waals surface area contributed by atoms with Gasteiger partial charge >= 0.3 is 0 Å². The van der Waals surface area contributed by atoms with E-state index in [9.17, 15) is 0 Å².